The number of ether oxygens (including phenoxy) is 1. The molecule has 0 fully saturated rings. The third-order valence-corrected chi connectivity index (χ3v) is 2.51. The number of allylic oxidation sites excluding steroid dienone is 1. The van der Waals surface area contributed by atoms with Gasteiger partial charge in [0.25, 0.3) is 0 Å². The van der Waals surface area contributed by atoms with E-state index in [1.807, 2.05) is 44.2 Å². The lowest BCUT2D eigenvalue weighted by molar-refractivity contribution is 0.0893. The maximum Gasteiger partial charge on any atom is 0.170 e. The van der Waals surface area contributed by atoms with Crippen molar-refractivity contribution < 1.29 is 9.53 Å². The van der Waals surface area contributed by atoms with E-state index in [4.69, 9.17) is 4.74 Å². The molecule has 2 rings (SSSR count). The summed E-state index contributed by atoms with van der Waals surface area (Å²) < 4.78 is 5.69. The molecule has 0 saturated heterocycles. The van der Waals surface area contributed by atoms with Gasteiger partial charge in [0.1, 0.15) is 11.9 Å². The molecule has 1 heterocycles. The Hall–Kier alpha value is -1.57. The SMILES string of the molecule is C/C=C/[C@@H]1CC(=O)c2cc(C)ccc2O1. The van der Waals surface area contributed by atoms with Gasteiger partial charge in [-0.15, -0.1) is 0 Å². The standard InChI is InChI=1S/C13H14O2/c1-3-4-10-8-12(14)11-7-9(2)5-6-13(11)15-10/h3-7,10H,8H2,1-2H3/b4-3+/t10-/m1/s1. The Bertz CT molecular complexity index is 419. The van der Waals surface area contributed by atoms with Crippen LogP contribution in [-0.4, -0.2) is 11.9 Å². The van der Waals surface area contributed by atoms with E-state index in [2.05, 4.69) is 0 Å². The zero-order chi connectivity index (χ0) is 10.8. The Kier molecular flexibility index (Phi) is 2.58. The summed E-state index contributed by atoms with van der Waals surface area (Å²) in [6.07, 6.45) is 4.18. The Labute approximate surface area is 89.6 Å². The first-order valence-electron chi connectivity index (χ1n) is 5.14. The van der Waals surface area contributed by atoms with Gasteiger partial charge in [-0.2, -0.15) is 0 Å². The monoisotopic (exact) mass is 202 g/mol. The molecule has 78 valence electrons. The van der Waals surface area contributed by atoms with Gasteiger partial charge in [0.2, 0.25) is 0 Å². The van der Waals surface area contributed by atoms with Gasteiger partial charge in [0, 0.05) is 0 Å². The van der Waals surface area contributed by atoms with Crippen molar-refractivity contribution in [2.24, 2.45) is 0 Å². The molecule has 0 radical (unpaired) electrons. The molecule has 1 aromatic carbocycles. The second-order valence-corrected chi connectivity index (χ2v) is 3.81. The number of rotatable bonds is 1. The minimum Gasteiger partial charge on any atom is -0.485 e. The van der Waals surface area contributed by atoms with Crippen molar-refractivity contribution in [1.29, 1.82) is 0 Å². The fraction of sp³-hybridized carbons (Fsp3) is 0.308. The van der Waals surface area contributed by atoms with Crippen molar-refractivity contribution in [2.75, 3.05) is 0 Å². The van der Waals surface area contributed by atoms with Gasteiger partial charge < -0.3 is 4.74 Å². The van der Waals surface area contributed by atoms with Crippen LogP contribution in [0.4, 0.5) is 0 Å². The first kappa shape index (κ1) is 9.97. The number of ketones is 1. The summed E-state index contributed by atoms with van der Waals surface area (Å²) in [6, 6.07) is 5.73. The van der Waals surface area contributed by atoms with E-state index in [1.165, 1.54) is 0 Å². The highest BCUT2D eigenvalue weighted by atomic mass is 16.5. The van der Waals surface area contributed by atoms with Crippen molar-refractivity contribution in [3.63, 3.8) is 0 Å². The Morgan fingerprint density at radius 3 is 3.00 bits per heavy atom. The molecule has 1 aliphatic heterocycles. The maximum atomic E-state index is 11.8. The molecule has 0 aliphatic carbocycles. The van der Waals surface area contributed by atoms with Crippen molar-refractivity contribution in [2.45, 2.75) is 26.4 Å². The van der Waals surface area contributed by atoms with Gasteiger partial charge in [-0.25, -0.2) is 0 Å². The van der Waals surface area contributed by atoms with Crippen LogP contribution in [-0.2, 0) is 0 Å². The lowest BCUT2D eigenvalue weighted by atomic mass is 9.99. The van der Waals surface area contributed by atoms with E-state index in [-0.39, 0.29) is 11.9 Å². The van der Waals surface area contributed by atoms with Gasteiger partial charge in [-0.1, -0.05) is 17.7 Å². The quantitative estimate of drug-likeness (QED) is 0.654. The number of aryl methyl sites for hydroxylation is 1. The lowest BCUT2D eigenvalue weighted by Crippen LogP contribution is -2.25. The number of fused-ring (bicyclic) bond motifs is 1. The molecule has 0 N–H and O–H groups in total. The third-order valence-electron chi connectivity index (χ3n) is 2.51. The highest BCUT2D eigenvalue weighted by Gasteiger charge is 2.24. The van der Waals surface area contributed by atoms with Crippen LogP contribution < -0.4 is 4.74 Å². The first-order valence-corrected chi connectivity index (χ1v) is 5.14. The number of carbonyl (C=O) groups is 1. The van der Waals surface area contributed by atoms with Crippen LogP contribution in [0.2, 0.25) is 0 Å². The largest absolute Gasteiger partial charge is 0.485 e. The van der Waals surface area contributed by atoms with Gasteiger partial charge in [0.05, 0.1) is 12.0 Å². The molecule has 1 aliphatic rings. The van der Waals surface area contributed by atoms with Crippen LogP contribution in [0.15, 0.2) is 30.4 Å². The molecule has 1 aromatic rings. The summed E-state index contributed by atoms with van der Waals surface area (Å²) in [4.78, 5) is 11.8. The minimum absolute atomic E-state index is 0.0993. The first-order chi connectivity index (χ1) is 7.20. The average Bonchev–Trinajstić information content (AvgIpc) is 2.20. The van der Waals surface area contributed by atoms with Gasteiger partial charge in [-0.3, -0.25) is 4.79 Å². The van der Waals surface area contributed by atoms with Crippen molar-refractivity contribution in [1.82, 2.24) is 0 Å². The smallest absolute Gasteiger partial charge is 0.170 e. The number of hydrogen-bond acceptors (Lipinski definition) is 2. The molecule has 0 bridgehead atoms. The Morgan fingerprint density at radius 2 is 2.27 bits per heavy atom. The molecule has 1 atom stereocenters. The van der Waals surface area contributed by atoms with Gasteiger partial charge in [-0.05, 0) is 32.1 Å². The highest BCUT2D eigenvalue weighted by molar-refractivity contribution is 6.00. The third kappa shape index (κ3) is 1.94. The molecular formula is C13H14O2. The number of benzene rings is 1. The summed E-state index contributed by atoms with van der Waals surface area (Å²) >= 11 is 0. The lowest BCUT2D eigenvalue weighted by Gasteiger charge is -2.23. The summed E-state index contributed by atoms with van der Waals surface area (Å²) in [6.45, 7) is 3.91. The van der Waals surface area contributed by atoms with Crippen LogP contribution in [0.5, 0.6) is 5.75 Å². The molecule has 0 saturated carbocycles. The predicted octanol–water partition coefficient (Wildman–Crippen LogP) is 2.90. The van der Waals surface area contributed by atoms with E-state index >= 15 is 0 Å². The predicted molar refractivity (Wildman–Crippen MR) is 59.4 cm³/mol. The number of Topliss-reactive ketones (excluding diaryl/α,β-unsaturated/α-hetero) is 1. The van der Waals surface area contributed by atoms with Gasteiger partial charge >= 0.3 is 0 Å². The molecule has 0 unspecified atom stereocenters. The molecule has 2 heteroatoms. The van der Waals surface area contributed by atoms with E-state index in [9.17, 15) is 4.79 Å². The van der Waals surface area contributed by atoms with Crippen molar-refractivity contribution in [3.8, 4) is 5.75 Å². The Balaban J connectivity index is 2.36. The summed E-state index contributed by atoms with van der Waals surface area (Å²) in [5.74, 6) is 0.878. The van der Waals surface area contributed by atoms with Gasteiger partial charge in [0.15, 0.2) is 5.78 Å². The number of hydrogen-bond donors (Lipinski definition) is 0. The van der Waals surface area contributed by atoms with E-state index in [1.54, 1.807) is 0 Å². The minimum atomic E-state index is -0.0993. The summed E-state index contributed by atoms with van der Waals surface area (Å²) in [5.41, 5.74) is 1.81. The average molecular weight is 202 g/mol. The summed E-state index contributed by atoms with van der Waals surface area (Å²) in [7, 11) is 0. The van der Waals surface area contributed by atoms with Crippen LogP contribution in [0, 0.1) is 6.92 Å². The zero-order valence-corrected chi connectivity index (χ0v) is 8.99. The number of carbonyl (C=O) groups excluding carboxylic acids is 1. The molecule has 15 heavy (non-hydrogen) atoms. The zero-order valence-electron chi connectivity index (χ0n) is 8.99. The van der Waals surface area contributed by atoms with Crippen molar-refractivity contribution >= 4 is 5.78 Å². The maximum absolute atomic E-state index is 11.8. The van der Waals surface area contributed by atoms with Crippen LogP contribution in [0.1, 0.15) is 29.3 Å². The molecule has 0 aromatic heterocycles. The van der Waals surface area contributed by atoms with Crippen LogP contribution >= 0.6 is 0 Å². The van der Waals surface area contributed by atoms with Crippen LogP contribution in [0.3, 0.4) is 0 Å². The fourth-order valence-electron chi connectivity index (χ4n) is 1.78. The fourth-order valence-corrected chi connectivity index (χ4v) is 1.78. The second-order valence-electron chi connectivity index (χ2n) is 3.81. The molecule has 2 nitrogen and oxygen atoms in total. The summed E-state index contributed by atoms with van der Waals surface area (Å²) in [5, 5.41) is 0. The highest BCUT2D eigenvalue weighted by Crippen LogP contribution is 2.28. The second kappa shape index (κ2) is 3.89. The van der Waals surface area contributed by atoms with E-state index < -0.39 is 0 Å². The molecule has 0 spiro atoms. The van der Waals surface area contributed by atoms with E-state index in [0.717, 1.165) is 11.1 Å². The molecular weight excluding hydrogens is 188 g/mol. The molecule has 0 amide bonds. The Morgan fingerprint density at radius 1 is 1.47 bits per heavy atom. The topological polar surface area (TPSA) is 26.3 Å². The van der Waals surface area contributed by atoms with Crippen molar-refractivity contribution in [3.05, 3.63) is 41.5 Å². The van der Waals surface area contributed by atoms with E-state index in [0.29, 0.717) is 12.2 Å². The normalized spacial score (nSPS) is 20.1. The van der Waals surface area contributed by atoms with Crippen LogP contribution in [0.25, 0.3) is 0 Å².